The van der Waals surface area contributed by atoms with Crippen LogP contribution in [0.15, 0.2) is 18.2 Å². The Balaban J connectivity index is 2.13. The number of benzene rings is 1. The van der Waals surface area contributed by atoms with Crippen LogP contribution in [0.2, 0.25) is 0 Å². The summed E-state index contributed by atoms with van der Waals surface area (Å²) in [6.45, 7) is 4.30. The lowest BCUT2D eigenvalue weighted by atomic mass is 9.94. The molecular weight excluding hydrogens is 198 g/mol. The molecule has 1 unspecified atom stereocenters. The number of ether oxygens (including phenoxy) is 1. The molecule has 0 spiro atoms. The number of fused-ring (bicyclic) bond motifs is 1. The van der Waals surface area contributed by atoms with Gasteiger partial charge >= 0.3 is 0 Å². The maximum absolute atomic E-state index is 6.20. The summed E-state index contributed by atoms with van der Waals surface area (Å²) in [5, 5.41) is 0. The molecule has 2 N–H and O–H groups in total. The number of unbranched alkanes of at least 4 members (excludes halogenated alkanes) is 1. The Kier molecular flexibility index (Phi) is 3.49. The molecule has 2 rings (SSSR count). The fourth-order valence-electron chi connectivity index (χ4n) is 2.31. The van der Waals surface area contributed by atoms with E-state index >= 15 is 0 Å². The average molecular weight is 219 g/mol. The number of nitrogens with two attached hydrogens (primary N) is 1. The van der Waals surface area contributed by atoms with Gasteiger partial charge in [-0.15, -0.1) is 0 Å². The van der Waals surface area contributed by atoms with E-state index in [4.69, 9.17) is 10.5 Å². The monoisotopic (exact) mass is 219 g/mol. The number of hydrogen-bond acceptors (Lipinski definition) is 2. The van der Waals surface area contributed by atoms with Gasteiger partial charge in [0.25, 0.3) is 0 Å². The predicted molar refractivity (Wildman–Crippen MR) is 66.7 cm³/mol. The Morgan fingerprint density at radius 2 is 2.25 bits per heavy atom. The molecule has 0 aliphatic carbocycles. The van der Waals surface area contributed by atoms with Gasteiger partial charge in [0.05, 0.1) is 0 Å². The van der Waals surface area contributed by atoms with Crippen molar-refractivity contribution < 1.29 is 4.74 Å². The summed E-state index contributed by atoms with van der Waals surface area (Å²) >= 11 is 0. The summed E-state index contributed by atoms with van der Waals surface area (Å²) in [6, 6.07) is 6.44. The van der Waals surface area contributed by atoms with Crippen molar-refractivity contribution in [2.45, 2.75) is 51.7 Å². The first-order chi connectivity index (χ1) is 7.70. The average Bonchev–Trinajstić information content (AvgIpc) is 2.27. The minimum absolute atomic E-state index is 0.144. The summed E-state index contributed by atoms with van der Waals surface area (Å²) < 4.78 is 5.98. The zero-order chi connectivity index (χ0) is 11.5. The van der Waals surface area contributed by atoms with Gasteiger partial charge in [-0.3, -0.25) is 0 Å². The van der Waals surface area contributed by atoms with Crippen LogP contribution in [0.3, 0.4) is 0 Å². The van der Waals surface area contributed by atoms with Crippen LogP contribution in [0.1, 0.15) is 49.8 Å². The van der Waals surface area contributed by atoms with Crippen molar-refractivity contribution in [1.82, 2.24) is 0 Å². The van der Waals surface area contributed by atoms with Gasteiger partial charge in [-0.1, -0.05) is 37.5 Å². The molecule has 1 aliphatic rings. The van der Waals surface area contributed by atoms with Crippen LogP contribution in [-0.2, 0) is 0 Å². The summed E-state index contributed by atoms with van der Waals surface area (Å²) in [5.41, 5.74) is 8.63. The van der Waals surface area contributed by atoms with Crippen LogP contribution in [0, 0.1) is 6.92 Å². The topological polar surface area (TPSA) is 35.2 Å². The van der Waals surface area contributed by atoms with E-state index in [1.165, 1.54) is 24.0 Å². The van der Waals surface area contributed by atoms with Crippen LogP contribution >= 0.6 is 0 Å². The number of aryl methyl sites for hydroxylation is 1. The van der Waals surface area contributed by atoms with E-state index in [2.05, 4.69) is 32.0 Å². The highest BCUT2D eigenvalue weighted by atomic mass is 16.5. The third-order valence-electron chi connectivity index (χ3n) is 3.25. The fraction of sp³-hybridized carbons (Fsp3) is 0.571. The maximum atomic E-state index is 6.20. The molecule has 88 valence electrons. The second-order valence-corrected chi connectivity index (χ2v) is 4.77. The zero-order valence-electron chi connectivity index (χ0n) is 10.2. The van der Waals surface area contributed by atoms with E-state index in [1.807, 2.05) is 0 Å². The lowest BCUT2D eigenvalue weighted by molar-refractivity contribution is 0.147. The lowest BCUT2D eigenvalue weighted by Gasteiger charge is -2.30. The molecule has 1 aromatic rings. The Hall–Kier alpha value is -1.02. The second-order valence-electron chi connectivity index (χ2n) is 4.77. The lowest BCUT2D eigenvalue weighted by Crippen LogP contribution is -2.29. The maximum Gasteiger partial charge on any atom is 0.124 e. The van der Waals surface area contributed by atoms with Gasteiger partial charge in [-0.05, 0) is 19.4 Å². The molecular formula is C14H21NO. The molecule has 2 atom stereocenters. The van der Waals surface area contributed by atoms with Crippen LogP contribution in [0.4, 0.5) is 0 Å². The van der Waals surface area contributed by atoms with Crippen molar-refractivity contribution in [3.8, 4) is 5.75 Å². The zero-order valence-corrected chi connectivity index (χ0v) is 10.2. The largest absolute Gasteiger partial charge is 0.490 e. The molecule has 16 heavy (non-hydrogen) atoms. The Bertz CT molecular complexity index is 362. The summed E-state index contributed by atoms with van der Waals surface area (Å²) in [4.78, 5) is 0. The summed E-state index contributed by atoms with van der Waals surface area (Å²) in [6.07, 6.45) is 4.83. The van der Waals surface area contributed by atoms with Gasteiger partial charge in [0.1, 0.15) is 11.9 Å². The third-order valence-corrected chi connectivity index (χ3v) is 3.25. The SMILES string of the molecule is CCCCC1C[C@H](N)c2cc(C)ccc2O1. The Morgan fingerprint density at radius 3 is 3.00 bits per heavy atom. The van der Waals surface area contributed by atoms with Crippen molar-refractivity contribution in [1.29, 1.82) is 0 Å². The van der Waals surface area contributed by atoms with Gasteiger partial charge in [0.15, 0.2) is 0 Å². The summed E-state index contributed by atoms with van der Waals surface area (Å²) in [7, 11) is 0. The molecule has 0 saturated carbocycles. The quantitative estimate of drug-likeness (QED) is 0.846. The first kappa shape index (κ1) is 11.5. The molecule has 1 aromatic carbocycles. The van der Waals surface area contributed by atoms with Crippen molar-refractivity contribution in [2.24, 2.45) is 5.73 Å². The van der Waals surface area contributed by atoms with E-state index in [9.17, 15) is 0 Å². The highest BCUT2D eigenvalue weighted by Gasteiger charge is 2.25. The van der Waals surface area contributed by atoms with E-state index in [1.54, 1.807) is 0 Å². The molecule has 1 aliphatic heterocycles. The minimum atomic E-state index is 0.144. The van der Waals surface area contributed by atoms with Gasteiger partial charge < -0.3 is 10.5 Å². The number of rotatable bonds is 3. The second kappa shape index (κ2) is 4.88. The molecule has 0 radical (unpaired) electrons. The standard InChI is InChI=1S/C14H21NO/c1-3-4-5-11-9-13(15)12-8-10(2)6-7-14(12)16-11/h6-8,11,13H,3-5,9,15H2,1-2H3/t11?,13-/m0/s1. The molecule has 0 saturated heterocycles. The minimum Gasteiger partial charge on any atom is -0.490 e. The normalized spacial score (nSPS) is 23.7. The van der Waals surface area contributed by atoms with Crippen LogP contribution < -0.4 is 10.5 Å². The van der Waals surface area contributed by atoms with Crippen molar-refractivity contribution in [3.63, 3.8) is 0 Å². The van der Waals surface area contributed by atoms with E-state index < -0.39 is 0 Å². The molecule has 1 heterocycles. The molecule has 2 heteroatoms. The van der Waals surface area contributed by atoms with Gasteiger partial charge in [-0.25, -0.2) is 0 Å². The van der Waals surface area contributed by atoms with Crippen LogP contribution in [0.25, 0.3) is 0 Å². The van der Waals surface area contributed by atoms with Crippen LogP contribution in [0.5, 0.6) is 5.75 Å². The first-order valence-corrected chi connectivity index (χ1v) is 6.23. The van der Waals surface area contributed by atoms with Crippen LogP contribution in [-0.4, -0.2) is 6.10 Å². The molecule has 2 nitrogen and oxygen atoms in total. The predicted octanol–water partition coefficient (Wildman–Crippen LogP) is 3.34. The third kappa shape index (κ3) is 2.38. The van der Waals surface area contributed by atoms with Crippen molar-refractivity contribution in [3.05, 3.63) is 29.3 Å². The molecule has 0 aromatic heterocycles. The molecule has 0 bridgehead atoms. The van der Waals surface area contributed by atoms with Gasteiger partial charge in [-0.2, -0.15) is 0 Å². The molecule has 0 amide bonds. The number of hydrogen-bond donors (Lipinski definition) is 1. The van der Waals surface area contributed by atoms with E-state index in [0.29, 0.717) is 6.10 Å². The smallest absolute Gasteiger partial charge is 0.124 e. The van der Waals surface area contributed by atoms with E-state index in [-0.39, 0.29) is 6.04 Å². The summed E-state index contributed by atoms with van der Waals surface area (Å²) in [5.74, 6) is 0.991. The van der Waals surface area contributed by atoms with Gasteiger partial charge in [0.2, 0.25) is 0 Å². The fourth-order valence-corrected chi connectivity index (χ4v) is 2.31. The van der Waals surface area contributed by atoms with Crippen molar-refractivity contribution >= 4 is 0 Å². The van der Waals surface area contributed by atoms with E-state index in [0.717, 1.165) is 18.6 Å². The molecule has 0 fully saturated rings. The highest BCUT2D eigenvalue weighted by Crippen LogP contribution is 2.35. The Morgan fingerprint density at radius 1 is 1.44 bits per heavy atom. The first-order valence-electron chi connectivity index (χ1n) is 6.23. The van der Waals surface area contributed by atoms with Gasteiger partial charge in [0, 0.05) is 18.0 Å². The van der Waals surface area contributed by atoms with Crippen molar-refractivity contribution in [2.75, 3.05) is 0 Å². The Labute approximate surface area is 97.8 Å². The highest BCUT2D eigenvalue weighted by molar-refractivity contribution is 5.40.